The summed E-state index contributed by atoms with van der Waals surface area (Å²) in [4.78, 5) is 4.47. The zero-order valence-corrected chi connectivity index (χ0v) is 15.3. The topological polar surface area (TPSA) is 122 Å². The molecule has 0 amide bonds. The van der Waals surface area contributed by atoms with Gasteiger partial charge in [-0.25, -0.2) is 0 Å². The zero-order chi connectivity index (χ0) is 19.7. The quantitative estimate of drug-likeness (QED) is 0.622. The van der Waals surface area contributed by atoms with Crippen LogP contribution >= 0.6 is 0 Å². The zero-order valence-electron chi connectivity index (χ0n) is 15.3. The van der Waals surface area contributed by atoms with Gasteiger partial charge in [-0.2, -0.15) is 0 Å². The molecule has 1 saturated heterocycles. The Bertz CT molecular complexity index is 943. The van der Waals surface area contributed by atoms with Gasteiger partial charge in [0.05, 0.1) is 30.1 Å². The molecule has 1 aliphatic heterocycles. The van der Waals surface area contributed by atoms with Crippen molar-refractivity contribution in [3.63, 3.8) is 0 Å². The molecular formula is C20H21N3O5. The second-order valence-corrected chi connectivity index (χ2v) is 6.84. The summed E-state index contributed by atoms with van der Waals surface area (Å²) in [6.45, 7) is 1.52. The third-order valence-corrected chi connectivity index (χ3v) is 4.80. The first-order chi connectivity index (χ1) is 13.5. The van der Waals surface area contributed by atoms with E-state index in [4.69, 9.17) is 9.15 Å². The Morgan fingerprint density at radius 2 is 1.96 bits per heavy atom. The summed E-state index contributed by atoms with van der Waals surface area (Å²) in [6.07, 6.45) is -1.38. The molecule has 1 aliphatic rings. The molecular weight excluding hydrogens is 362 g/mol. The van der Waals surface area contributed by atoms with Gasteiger partial charge in [0.15, 0.2) is 0 Å². The molecule has 8 nitrogen and oxygen atoms in total. The molecule has 1 fully saturated rings. The van der Waals surface area contributed by atoms with Crippen molar-refractivity contribution >= 4 is 0 Å². The Morgan fingerprint density at radius 1 is 1.11 bits per heavy atom. The normalized spacial score (nSPS) is 25.0. The number of pyridine rings is 1. The van der Waals surface area contributed by atoms with Gasteiger partial charge < -0.3 is 24.5 Å². The van der Waals surface area contributed by atoms with Crippen LogP contribution < -0.4 is 0 Å². The van der Waals surface area contributed by atoms with Gasteiger partial charge >= 0.3 is 0 Å². The Morgan fingerprint density at radius 3 is 2.64 bits per heavy atom. The van der Waals surface area contributed by atoms with Crippen molar-refractivity contribution in [1.29, 1.82) is 0 Å². The number of hydrogen-bond acceptors (Lipinski definition) is 8. The van der Waals surface area contributed by atoms with Gasteiger partial charge in [-0.15, -0.1) is 10.2 Å². The van der Waals surface area contributed by atoms with E-state index < -0.39 is 24.4 Å². The molecule has 0 aliphatic carbocycles. The lowest BCUT2D eigenvalue weighted by molar-refractivity contribution is -0.179. The van der Waals surface area contributed by atoms with Crippen LogP contribution in [-0.2, 0) is 4.74 Å². The van der Waals surface area contributed by atoms with E-state index in [1.54, 1.807) is 13.1 Å². The van der Waals surface area contributed by atoms with E-state index >= 15 is 0 Å². The Kier molecular flexibility index (Phi) is 5.19. The molecule has 146 valence electrons. The highest BCUT2D eigenvalue weighted by molar-refractivity contribution is 5.63. The van der Waals surface area contributed by atoms with Crippen molar-refractivity contribution in [3.8, 4) is 22.7 Å². The van der Waals surface area contributed by atoms with Crippen LogP contribution in [0, 0.1) is 6.92 Å². The Hall–Kier alpha value is -2.65. The van der Waals surface area contributed by atoms with E-state index in [1.165, 1.54) is 0 Å². The van der Waals surface area contributed by atoms with Crippen LogP contribution in [0.3, 0.4) is 0 Å². The fourth-order valence-electron chi connectivity index (χ4n) is 3.33. The van der Waals surface area contributed by atoms with E-state index in [2.05, 4.69) is 15.2 Å². The van der Waals surface area contributed by atoms with E-state index in [9.17, 15) is 15.3 Å². The molecule has 3 aromatic rings. The standard InChI is InChI=1S/C20H21N3O5/c1-11-22-23-20(27-11)14-5-6-16(21-9-14)12-3-2-4-13(7-12)19-18(26)17(25)8-15(10-24)28-19/h2-7,9,15,17-19,24-26H,8,10H2,1H3/t15?,17?,18?,19-/m1/s1. The van der Waals surface area contributed by atoms with Gasteiger partial charge in [0.25, 0.3) is 0 Å². The maximum absolute atomic E-state index is 10.3. The van der Waals surface area contributed by atoms with Crippen LogP contribution in [0.4, 0.5) is 0 Å². The van der Waals surface area contributed by atoms with Gasteiger partial charge in [0.2, 0.25) is 11.8 Å². The van der Waals surface area contributed by atoms with Crippen molar-refractivity contribution in [1.82, 2.24) is 15.2 Å². The molecule has 3 unspecified atom stereocenters. The third kappa shape index (κ3) is 3.67. The van der Waals surface area contributed by atoms with Crippen molar-refractivity contribution in [2.45, 2.75) is 37.8 Å². The molecule has 28 heavy (non-hydrogen) atoms. The number of rotatable bonds is 4. The molecule has 3 N–H and O–H groups in total. The monoisotopic (exact) mass is 383 g/mol. The first-order valence-electron chi connectivity index (χ1n) is 9.04. The minimum absolute atomic E-state index is 0.200. The third-order valence-electron chi connectivity index (χ3n) is 4.80. The number of aromatic nitrogens is 3. The fraction of sp³-hybridized carbons (Fsp3) is 0.350. The number of aryl methyl sites for hydroxylation is 1. The maximum Gasteiger partial charge on any atom is 0.249 e. The Labute approximate surface area is 161 Å². The second kappa shape index (κ2) is 7.76. The lowest BCUT2D eigenvalue weighted by atomic mass is 9.92. The molecule has 0 radical (unpaired) electrons. The second-order valence-electron chi connectivity index (χ2n) is 6.84. The van der Waals surface area contributed by atoms with Crippen LogP contribution in [0.2, 0.25) is 0 Å². The summed E-state index contributed by atoms with van der Waals surface area (Å²) in [5, 5.41) is 37.6. The van der Waals surface area contributed by atoms with Gasteiger partial charge in [0.1, 0.15) is 12.2 Å². The van der Waals surface area contributed by atoms with Crippen LogP contribution in [0.5, 0.6) is 0 Å². The molecule has 0 saturated carbocycles. The summed E-state index contributed by atoms with van der Waals surface area (Å²) < 4.78 is 11.2. The smallest absolute Gasteiger partial charge is 0.249 e. The number of aliphatic hydroxyl groups is 3. The summed E-state index contributed by atoms with van der Waals surface area (Å²) in [5.74, 6) is 0.897. The fourth-order valence-corrected chi connectivity index (χ4v) is 3.33. The first-order valence-corrected chi connectivity index (χ1v) is 9.04. The van der Waals surface area contributed by atoms with Gasteiger partial charge in [0, 0.05) is 25.1 Å². The molecule has 0 spiro atoms. The summed E-state index contributed by atoms with van der Waals surface area (Å²) >= 11 is 0. The SMILES string of the molecule is Cc1nnc(-c2ccc(-c3cccc([C@H]4OC(CO)CC(O)C4O)c3)nc2)o1. The lowest BCUT2D eigenvalue weighted by Gasteiger charge is -2.36. The van der Waals surface area contributed by atoms with Crippen LogP contribution in [0.15, 0.2) is 47.0 Å². The predicted octanol–water partition coefficient (Wildman–Crippen LogP) is 1.65. The summed E-state index contributed by atoms with van der Waals surface area (Å²) in [6, 6.07) is 11.1. The highest BCUT2D eigenvalue weighted by Crippen LogP contribution is 2.33. The molecule has 2 aromatic heterocycles. The average Bonchev–Trinajstić information content (AvgIpc) is 3.16. The molecule has 1 aromatic carbocycles. The highest BCUT2D eigenvalue weighted by atomic mass is 16.5. The lowest BCUT2D eigenvalue weighted by Crippen LogP contribution is -2.44. The minimum Gasteiger partial charge on any atom is -0.421 e. The minimum atomic E-state index is -1.06. The number of aliphatic hydroxyl groups excluding tert-OH is 3. The average molecular weight is 383 g/mol. The number of ether oxygens (including phenoxy) is 1. The predicted molar refractivity (Wildman–Crippen MR) is 99.0 cm³/mol. The molecule has 0 bridgehead atoms. The molecule has 4 rings (SSSR count). The highest BCUT2D eigenvalue weighted by Gasteiger charge is 2.37. The number of benzene rings is 1. The first kappa shape index (κ1) is 18.7. The van der Waals surface area contributed by atoms with Crippen LogP contribution in [0.25, 0.3) is 22.7 Å². The van der Waals surface area contributed by atoms with Gasteiger partial charge in [-0.1, -0.05) is 18.2 Å². The van der Waals surface area contributed by atoms with Crippen molar-refractivity contribution in [2.75, 3.05) is 6.61 Å². The van der Waals surface area contributed by atoms with Crippen LogP contribution in [-0.4, -0.2) is 55.4 Å². The van der Waals surface area contributed by atoms with E-state index in [0.717, 1.165) is 16.8 Å². The summed E-state index contributed by atoms with van der Waals surface area (Å²) in [5.41, 5.74) is 3.00. The van der Waals surface area contributed by atoms with E-state index in [-0.39, 0.29) is 13.0 Å². The van der Waals surface area contributed by atoms with Gasteiger partial charge in [-0.3, -0.25) is 4.98 Å². The van der Waals surface area contributed by atoms with E-state index in [1.807, 2.05) is 36.4 Å². The van der Waals surface area contributed by atoms with E-state index in [0.29, 0.717) is 17.3 Å². The molecule has 3 heterocycles. The molecule has 4 atom stereocenters. The van der Waals surface area contributed by atoms with Crippen LogP contribution in [0.1, 0.15) is 24.0 Å². The molecule has 8 heteroatoms. The number of nitrogens with zero attached hydrogens (tertiary/aromatic N) is 3. The Balaban J connectivity index is 1.60. The van der Waals surface area contributed by atoms with Crippen molar-refractivity contribution < 1.29 is 24.5 Å². The summed E-state index contributed by atoms with van der Waals surface area (Å²) in [7, 11) is 0. The van der Waals surface area contributed by atoms with Crippen molar-refractivity contribution in [2.24, 2.45) is 0 Å². The van der Waals surface area contributed by atoms with Crippen molar-refractivity contribution in [3.05, 3.63) is 54.0 Å². The maximum atomic E-state index is 10.3. The number of hydrogen-bond donors (Lipinski definition) is 3. The van der Waals surface area contributed by atoms with Gasteiger partial charge in [-0.05, 0) is 23.8 Å². The largest absolute Gasteiger partial charge is 0.421 e.